The lowest BCUT2D eigenvalue weighted by molar-refractivity contribution is -0.154. The topological polar surface area (TPSA) is 84.9 Å². The number of carbonyl (C=O) groups excluding carboxylic acids is 3. The highest BCUT2D eigenvalue weighted by Gasteiger charge is 2.54. The molecule has 37 heavy (non-hydrogen) atoms. The van der Waals surface area contributed by atoms with Gasteiger partial charge in [0, 0.05) is 10.2 Å². The van der Waals surface area contributed by atoms with Crippen LogP contribution < -0.4 is 10.1 Å². The zero-order chi connectivity index (χ0) is 25.8. The minimum absolute atomic E-state index is 0.164. The highest BCUT2D eigenvalue weighted by molar-refractivity contribution is 9.11. The molecule has 1 N–H and O–H groups in total. The SMILES string of the molecule is O=C(COc1ccccc1)NC1C(=O)N2C(C(=O)OC(c3ccccc3)c3ccccc3)=C(Br)CS[C@H]12. The molecule has 7 nitrogen and oxygen atoms in total. The van der Waals surface area contributed by atoms with Gasteiger partial charge in [0.1, 0.15) is 22.9 Å². The lowest BCUT2D eigenvalue weighted by atomic mass is 10.0. The molecule has 5 rings (SSSR count). The van der Waals surface area contributed by atoms with E-state index in [4.69, 9.17) is 9.47 Å². The summed E-state index contributed by atoms with van der Waals surface area (Å²) in [4.78, 5) is 40.4. The predicted octanol–water partition coefficient (Wildman–Crippen LogP) is 4.40. The molecule has 0 spiro atoms. The van der Waals surface area contributed by atoms with E-state index < -0.39 is 29.4 Å². The summed E-state index contributed by atoms with van der Waals surface area (Å²) >= 11 is 4.92. The predicted molar refractivity (Wildman–Crippen MR) is 144 cm³/mol. The van der Waals surface area contributed by atoms with E-state index in [1.807, 2.05) is 78.9 Å². The standard InChI is InChI=1S/C28H23BrN2O5S/c29-21-17-37-27-23(30-22(32)16-35-20-14-8-3-9-15-20)26(33)31(27)24(21)28(34)36-25(18-10-4-1-5-11-18)19-12-6-2-7-13-19/h1-15,23,25,27H,16-17H2,(H,30,32)/t23?,27-/m1/s1. The third-order valence-corrected chi connectivity index (χ3v) is 8.28. The summed E-state index contributed by atoms with van der Waals surface area (Å²) in [5.74, 6) is -0.360. The van der Waals surface area contributed by atoms with Crippen LogP contribution in [0.5, 0.6) is 5.75 Å². The molecule has 3 aromatic rings. The maximum atomic E-state index is 13.5. The molecule has 1 saturated heterocycles. The van der Waals surface area contributed by atoms with Gasteiger partial charge in [0.05, 0.1) is 0 Å². The minimum Gasteiger partial charge on any atom is -0.484 e. The van der Waals surface area contributed by atoms with E-state index in [0.717, 1.165) is 11.1 Å². The molecule has 2 atom stereocenters. The van der Waals surface area contributed by atoms with Gasteiger partial charge in [-0.25, -0.2) is 4.79 Å². The third-order valence-electron chi connectivity index (χ3n) is 5.97. The van der Waals surface area contributed by atoms with Crippen LogP contribution in [0.25, 0.3) is 0 Å². The van der Waals surface area contributed by atoms with Gasteiger partial charge in [-0.05, 0) is 23.3 Å². The maximum absolute atomic E-state index is 13.5. The number of para-hydroxylation sites is 1. The quantitative estimate of drug-likeness (QED) is 0.315. The fraction of sp³-hybridized carbons (Fsp3) is 0.179. The molecular formula is C28H23BrN2O5S. The molecule has 3 aromatic carbocycles. The summed E-state index contributed by atoms with van der Waals surface area (Å²) in [5.41, 5.74) is 1.80. The molecule has 1 unspecified atom stereocenters. The van der Waals surface area contributed by atoms with E-state index in [1.54, 1.807) is 12.1 Å². The lowest BCUT2D eigenvalue weighted by Gasteiger charge is -2.49. The van der Waals surface area contributed by atoms with Gasteiger partial charge in [-0.15, -0.1) is 11.8 Å². The molecule has 0 radical (unpaired) electrons. The Morgan fingerprint density at radius 1 is 0.946 bits per heavy atom. The summed E-state index contributed by atoms with van der Waals surface area (Å²) in [6, 6.07) is 27.1. The van der Waals surface area contributed by atoms with Crippen molar-refractivity contribution in [2.75, 3.05) is 12.4 Å². The number of benzene rings is 3. The number of nitrogens with one attached hydrogen (secondary N) is 1. The zero-order valence-corrected chi connectivity index (χ0v) is 22.0. The molecule has 2 amide bonds. The van der Waals surface area contributed by atoms with Crippen LogP contribution in [0.4, 0.5) is 0 Å². The van der Waals surface area contributed by atoms with Crippen molar-refractivity contribution in [1.29, 1.82) is 0 Å². The van der Waals surface area contributed by atoms with E-state index in [2.05, 4.69) is 21.2 Å². The first-order chi connectivity index (χ1) is 18.0. The number of nitrogens with zero attached hydrogens (tertiary/aromatic N) is 1. The van der Waals surface area contributed by atoms with Crippen LogP contribution in [-0.2, 0) is 19.1 Å². The fourth-order valence-corrected chi connectivity index (χ4v) is 6.14. The summed E-state index contributed by atoms with van der Waals surface area (Å²) in [6.45, 7) is -0.213. The molecule has 188 valence electrons. The summed E-state index contributed by atoms with van der Waals surface area (Å²) in [5, 5.41) is 2.32. The third kappa shape index (κ3) is 5.42. The second-order valence-electron chi connectivity index (χ2n) is 8.42. The van der Waals surface area contributed by atoms with Gasteiger partial charge < -0.3 is 14.8 Å². The van der Waals surface area contributed by atoms with E-state index in [9.17, 15) is 14.4 Å². The summed E-state index contributed by atoms with van der Waals surface area (Å²) in [7, 11) is 0. The highest BCUT2D eigenvalue weighted by Crippen LogP contribution is 2.43. The largest absolute Gasteiger partial charge is 0.484 e. The summed E-state index contributed by atoms with van der Waals surface area (Å²) < 4.78 is 12.1. The van der Waals surface area contributed by atoms with Gasteiger partial charge in [-0.1, -0.05) is 94.8 Å². The van der Waals surface area contributed by atoms with Gasteiger partial charge in [0.2, 0.25) is 0 Å². The molecule has 0 aromatic heterocycles. The number of thioether (sulfide) groups is 1. The fourth-order valence-electron chi connectivity index (χ4n) is 4.20. The Balaban J connectivity index is 1.28. The van der Waals surface area contributed by atoms with Crippen molar-refractivity contribution < 1.29 is 23.9 Å². The number of hydrogen-bond donors (Lipinski definition) is 1. The van der Waals surface area contributed by atoms with Crippen LogP contribution in [0.2, 0.25) is 0 Å². The zero-order valence-electron chi connectivity index (χ0n) is 19.6. The van der Waals surface area contributed by atoms with Gasteiger partial charge in [0.25, 0.3) is 11.8 Å². The maximum Gasteiger partial charge on any atom is 0.356 e. The molecule has 1 fully saturated rings. The number of carbonyl (C=O) groups is 3. The van der Waals surface area contributed by atoms with Crippen molar-refractivity contribution in [3.63, 3.8) is 0 Å². The first kappa shape index (κ1) is 25.1. The van der Waals surface area contributed by atoms with Crippen LogP contribution in [0.1, 0.15) is 17.2 Å². The Morgan fingerprint density at radius 3 is 2.11 bits per heavy atom. The van der Waals surface area contributed by atoms with Crippen molar-refractivity contribution in [1.82, 2.24) is 10.2 Å². The van der Waals surface area contributed by atoms with Gasteiger partial charge >= 0.3 is 5.97 Å². The van der Waals surface area contributed by atoms with E-state index in [-0.39, 0.29) is 18.2 Å². The van der Waals surface area contributed by atoms with E-state index in [1.165, 1.54) is 16.7 Å². The number of halogens is 1. The number of hydrogen-bond acceptors (Lipinski definition) is 6. The average Bonchev–Trinajstić information content (AvgIpc) is 2.94. The molecule has 2 aliphatic heterocycles. The van der Waals surface area contributed by atoms with Crippen molar-refractivity contribution in [3.05, 3.63) is 112 Å². The van der Waals surface area contributed by atoms with E-state index in [0.29, 0.717) is 16.0 Å². The van der Waals surface area contributed by atoms with Crippen LogP contribution >= 0.6 is 27.7 Å². The number of esters is 1. The Hall–Kier alpha value is -3.56. The minimum atomic E-state index is -0.751. The molecule has 0 aliphatic carbocycles. The van der Waals surface area contributed by atoms with Crippen LogP contribution in [-0.4, -0.2) is 46.5 Å². The first-order valence-electron chi connectivity index (χ1n) is 11.6. The van der Waals surface area contributed by atoms with Crippen LogP contribution in [0.15, 0.2) is 101 Å². The van der Waals surface area contributed by atoms with Gasteiger partial charge in [-0.2, -0.15) is 0 Å². The number of fused-ring (bicyclic) bond motifs is 1. The Kier molecular flexibility index (Phi) is 7.62. The molecule has 9 heteroatoms. The van der Waals surface area contributed by atoms with Crippen molar-refractivity contribution in [2.24, 2.45) is 0 Å². The number of amides is 2. The van der Waals surface area contributed by atoms with Crippen molar-refractivity contribution in [2.45, 2.75) is 17.5 Å². The lowest BCUT2D eigenvalue weighted by Crippen LogP contribution is -2.70. The van der Waals surface area contributed by atoms with E-state index >= 15 is 0 Å². The molecule has 2 aliphatic rings. The summed E-state index contributed by atoms with van der Waals surface area (Å²) in [6.07, 6.45) is -0.641. The van der Waals surface area contributed by atoms with Crippen molar-refractivity contribution >= 4 is 45.5 Å². The van der Waals surface area contributed by atoms with Gasteiger partial charge in [-0.3, -0.25) is 14.5 Å². The molecule has 0 saturated carbocycles. The monoisotopic (exact) mass is 578 g/mol. The van der Waals surface area contributed by atoms with Crippen molar-refractivity contribution in [3.8, 4) is 5.75 Å². The number of rotatable bonds is 8. The first-order valence-corrected chi connectivity index (χ1v) is 13.5. The second-order valence-corrected chi connectivity index (χ2v) is 10.5. The molecule has 0 bridgehead atoms. The number of β-lactam (4-membered cyclic amide) rings is 1. The van der Waals surface area contributed by atoms with Crippen LogP contribution in [0.3, 0.4) is 0 Å². The highest BCUT2D eigenvalue weighted by atomic mass is 79.9. The Bertz CT molecular complexity index is 1280. The number of ether oxygens (including phenoxy) is 2. The second kappa shape index (κ2) is 11.2. The normalized spacial score (nSPS) is 18.6. The molecule has 2 heterocycles. The average molecular weight is 579 g/mol. The molecular weight excluding hydrogens is 556 g/mol. The van der Waals surface area contributed by atoms with Gasteiger partial charge in [0.15, 0.2) is 12.7 Å². The Morgan fingerprint density at radius 2 is 1.51 bits per heavy atom. The Labute approximate surface area is 227 Å². The smallest absolute Gasteiger partial charge is 0.356 e. The van der Waals surface area contributed by atoms with Crippen LogP contribution in [0, 0.1) is 0 Å².